The van der Waals surface area contributed by atoms with Gasteiger partial charge in [-0.15, -0.1) is 0 Å². The number of nitro benzene ring substituents is 1. The van der Waals surface area contributed by atoms with Crippen molar-refractivity contribution < 1.29 is 18.8 Å². The van der Waals surface area contributed by atoms with Gasteiger partial charge in [0.2, 0.25) is 0 Å². The lowest BCUT2D eigenvalue weighted by Crippen LogP contribution is -2.34. The summed E-state index contributed by atoms with van der Waals surface area (Å²) < 4.78 is 18.2. The number of nitrogens with zero attached hydrogens (tertiary/aromatic N) is 1. The molecule has 1 amide bonds. The number of anilines is 1. The molecule has 0 radical (unpaired) electrons. The van der Waals surface area contributed by atoms with Crippen molar-refractivity contribution in [2.45, 2.75) is 0 Å². The molecule has 2 aromatic rings. The second kappa shape index (κ2) is 7.47. The fourth-order valence-corrected chi connectivity index (χ4v) is 2.07. The first-order chi connectivity index (χ1) is 11.4. The maximum absolute atomic E-state index is 13.1. The van der Waals surface area contributed by atoms with Gasteiger partial charge in [0.1, 0.15) is 11.6 Å². The monoisotopic (exact) mass is 349 g/mol. The van der Waals surface area contributed by atoms with E-state index < -0.39 is 16.6 Å². The molecule has 0 unspecified atom stereocenters. The number of halogens is 1. The fraction of sp³-hybridized carbons (Fsp3) is 0.0667. The van der Waals surface area contributed by atoms with Gasteiger partial charge in [0.05, 0.1) is 17.7 Å². The van der Waals surface area contributed by atoms with E-state index in [1.54, 1.807) is 0 Å². The number of methoxy groups -OCH3 is 1. The highest BCUT2D eigenvalue weighted by Gasteiger charge is 2.14. The lowest BCUT2D eigenvalue weighted by molar-refractivity contribution is -0.384. The second-order valence-corrected chi connectivity index (χ2v) is 4.97. The lowest BCUT2D eigenvalue weighted by Gasteiger charge is -2.12. The van der Waals surface area contributed by atoms with E-state index >= 15 is 0 Å². The van der Waals surface area contributed by atoms with Crippen LogP contribution in [0, 0.1) is 15.9 Å². The maximum atomic E-state index is 13.1. The Kier molecular flexibility index (Phi) is 5.38. The Labute approximate surface area is 141 Å². The number of nitro groups is 1. The van der Waals surface area contributed by atoms with Gasteiger partial charge < -0.3 is 10.1 Å². The maximum Gasteiger partial charge on any atom is 0.271 e. The van der Waals surface area contributed by atoms with Crippen molar-refractivity contribution in [3.63, 3.8) is 0 Å². The first-order valence-corrected chi connectivity index (χ1v) is 7.02. The van der Waals surface area contributed by atoms with Gasteiger partial charge in [-0.1, -0.05) is 6.07 Å². The number of nitrogens with one attached hydrogen (secondary N) is 2. The predicted molar refractivity (Wildman–Crippen MR) is 89.7 cm³/mol. The molecule has 0 aliphatic heterocycles. The van der Waals surface area contributed by atoms with E-state index in [-0.39, 0.29) is 22.1 Å². The summed E-state index contributed by atoms with van der Waals surface area (Å²) in [5.74, 6) is -0.860. The van der Waals surface area contributed by atoms with Crippen LogP contribution in [0.1, 0.15) is 10.4 Å². The van der Waals surface area contributed by atoms with Crippen LogP contribution in [0.4, 0.5) is 15.8 Å². The predicted octanol–water partition coefficient (Wildman–Crippen LogP) is 2.87. The first kappa shape index (κ1) is 17.3. The number of rotatable bonds is 4. The molecule has 0 heterocycles. The summed E-state index contributed by atoms with van der Waals surface area (Å²) >= 11 is 5.00. The summed E-state index contributed by atoms with van der Waals surface area (Å²) in [5.41, 5.74) is 0.138. The van der Waals surface area contributed by atoms with E-state index in [2.05, 4.69) is 10.6 Å². The number of carbonyl (C=O) groups is 1. The number of carbonyl (C=O) groups excluding carboxylic acids is 1. The molecule has 9 heteroatoms. The molecule has 0 spiro atoms. The summed E-state index contributed by atoms with van der Waals surface area (Å²) in [6.07, 6.45) is 0. The minimum atomic E-state index is -0.614. The Hall–Kier alpha value is -3.07. The number of hydrogen-bond donors (Lipinski definition) is 2. The zero-order valence-corrected chi connectivity index (χ0v) is 13.2. The van der Waals surface area contributed by atoms with Gasteiger partial charge in [0.25, 0.3) is 11.6 Å². The third-order valence-corrected chi connectivity index (χ3v) is 3.16. The molecule has 2 N–H and O–H groups in total. The molecule has 2 rings (SSSR count). The van der Waals surface area contributed by atoms with Gasteiger partial charge in [-0.05, 0) is 36.5 Å². The molecule has 0 saturated heterocycles. The summed E-state index contributed by atoms with van der Waals surface area (Å²) in [5, 5.41) is 15.7. The molecule has 0 fully saturated rings. The largest absolute Gasteiger partial charge is 0.495 e. The third kappa shape index (κ3) is 4.23. The molecular formula is C15H12FN3O4S. The standard InChI is InChI=1S/C15H12FN3O4S/c1-23-13-6-5-11(19(21)22)8-12(13)17-15(24)18-14(20)9-3-2-4-10(16)7-9/h2-8H,1H3,(H2,17,18,20,24). The van der Waals surface area contributed by atoms with Gasteiger partial charge in [-0.2, -0.15) is 0 Å². The Morgan fingerprint density at radius 3 is 2.67 bits per heavy atom. The zero-order valence-electron chi connectivity index (χ0n) is 12.4. The Balaban J connectivity index is 2.13. The highest BCUT2D eigenvalue weighted by Crippen LogP contribution is 2.28. The minimum absolute atomic E-state index is 0.0881. The normalized spacial score (nSPS) is 9.92. The van der Waals surface area contributed by atoms with E-state index in [4.69, 9.17) is 17.0 Å². The fourth-order valence-electron chi connectivity index (χ4n) is 1.87. The highest BCUT2D eigenvalue weighted by molar-refractivity contribution is 7.80. The molecule has 124 valence electrons. The summed E-state index contributed by atoms with van der Waals surface area (Å²) in [4.78, 5) is 22.2. The van der Waals surface area contributed by atoms with E-state index in [1.807, 2.05) is 0 Å². The van der Waals surface area contributed by atoms with Crippen LogP contribution < -0.4 is 15.4 Å². The zero-order chi connectivity index (χ0) is 17.7. The molecular weight excluding hydrogens is 337 g/mol. The smallest absolute Gasteiger partial charge is 0.271 e. The molecule has 0 saturated carbocycles. The van der Waals surface area contributed by atoms with Crippen molar-refractivity contribution in [2.75, 3.05) is 12.4 Å². The number of benzene rings is 2. The van der Waals surface area contributed by atoms with Gasteiger partial charge in [0, 0.05) is 17.7 Å². The van der Waals surface area contributed by atoms with E-state index in [9.17, 15) is 19.3 Å². The van der Waals surface area contributed by atoms with Crippen LogP contribution in [-0.2, 0) is 0 Å². The summed E-state index contributed by atoms with van der Waals surface area (Å²) in [6, 6.07) is 8.99. The van der Waals surface area contributed by atoms with Crippen LogP contribution in [0.3, 0.4) is 0 Å². The van der Waals surface area contributed by atoms with Crippen LogP contribution in [0.5, 0.6) is 5.75 Å². The first-order valence-electron chi connectivity index (χ1n) is 6.61. The lowest BCUT2D eigenvalue weighted by atomic mass is 10.2. The van der Waals surface area contributed by atoms with Crippen LogP contribution >= 0.6 is 12.2 Å². The second-order valence-electron chi connectivity index (χ2n) is 4.56. The van der Waals surface area contributed by atoms with E-state index in [1.165, 1.54) is 43.5 Å². The Bertz CT molecular complexity index is 813. The average Bonchev–Trinajstić information content (AvgIpc) is 2.54. The van der Waals surface area contributed by atoms with Crippen molar-refractivity contribution in [3.05, 3.63) is 64.0 Å². The topological polar surface area (TPSA) is 93.5 Å². The van der Waals surface area contributed by atoms with Crippen LogP contribution in [0.15, 0.2) is 42.5 Å². The highest BCUT2D eigenvalue weighted by atomic mass is 32.1. The minimum Gasteiger partial charge on any atom is -0.495 e. The van der Waals surface area contributed by atoms with E-state index in [0.717, 1.165) is 6.07 Å². The number of hydrogen-bond acceptors (Lipinski definition) is 5. The van der Waals surface area contributed by atoms with Gasteiger partial charge in [0.15, 0.2) is 5.11 Å². The van der Waals surface area contributed by atoms with Gasteiger partial charge in [-0.25, -0.2) is 4.39 Å². The molecule has 0 aliphatic carbocycles. The van der Waals surface area contributed by atoms with Crippen molar-refractivity contribution in [3.8, 4) is 5.75 Å². The SMILES string of the molecule is COc1ccc([N+](=O)[O-])cc1NC(=S)NC(=O)c1cccc(F)c1. The molecule has 0 aliphatic rings. The van der Waals surface area contributed by atoms with Crippen LogP contribution in [0.25, 0.3) is 0 Å². The van der Waals surface area contributed by atoms with Crippen molar-refractivity contribution in [1.82, 2.24) is 5.32 Å². The van der Waals surface area contributed by atoms with Crippen LogP contribution in [0.2, 0.25) is 0 Å². The van der Waals surface area contributed by atoms with Crippen LogP contribution in [-0.4, -0.2) is 23.1 Å². The molecule has 7 nitrogen and oxygen atoms in total. The van der Waals surface area contributed by atoms with Crippen molar-refractivity contribution >= 4 is 34.6 Å². The van der Waals surface area contributed by atoms with Crippen molar-refractivity contribution in [1.29, 1.82) is 0 Å². The summed E-state index contributed by atoms with van der Waals surface area (Å²) in [6.45, 7) is 0. The quantitative estimate of drug-likeness (QED) is 0.501. The molecule has 24 heavy (non-hydrogen) atoms. The molecule has 0 bridgehead atoms. The Morgan fingerprint density at radius 2 is 2.04 bits per heavy atom. The number of non-ortho nitro benzene ring substituents is 1. The summed E-state index contributed by atoms with van der Waals surface area (Å²) in [7, 11) is 1.39. The van der Waals surface area contributed by atoms with Gasteiger partial charge >= 0.3 is 0 Å². The number of ether oxygens (including phenoxy) is 1. The molecule has 0 atom stereocenters. The Morgan fingerprint density at radius 1 is 1.29 bits per heavy atom. The molecule has 0 aromatic heterocycles. The molecule has 2 aromatic carbocycles. The van der Waals surface area contributed by atoms with Crippen molar-refractivity contribution in [2.24, 2.45) is 0 Å². The number of thiocarbonyl (C=S) groups is 1. The average molecular weight is 349 g/mol. The third-order valence-electron chi connectivity index (χ3n) is 2.96. The van der Waals surface area contributed by atoms with E-state index in [0.29, 0.717) is 5.75 Å². The van der Waals surface area contributed by atoms with Gasteiger partial charge in [-0.3, -0.25) is 20.2 Å². The number of amides is 1.